The number of carbonyl (C=O) groups excluding carboxylic acids is 1. The molecule has 3 rings (SSSR count). The van der Waals surface area contributed by atoms with Gasteiger partial charge in [0.15, 0.2) is 0 Å². The van der Waals surface area contributed by atoms with Crippen LogP contribution in [0, 0.1) is 0 Å². The van der Waals surface area contributed by atoms with Crippen LogP contribution in [0.2, 0.25) is 0 Å². The van der Waals surface area contributed by atoms with Gasteiger partial charge in [0.1, 0.15) is 0 Å². The summed E-state index contributed by atoms with van der Waals surface area (Å²) in [5.74, 6) is -0.282. The van der Waals surface area contributed by atoms with Crippen molar-refractivity contribution in [1.82, 2.24) is 0 Å². The minimum Gasteiger partial charge on any atom is -0.361 e. The molecular weight excluding hydrogens is 376 g/mol. The van der Waals surface area contributed by atoms with Crippen molar-refractivity contribution in [2.75, 3.05) is 21.3 Å². The average molecular weight is 398 g/mol. The monoisotopic (exact) mass is 398 g/mol. The maximum atomic E-state index is 12.9. The number of rotatable bonds is 6. The lowest BCUT2D eigenvalue weighted by Crippen LogP contribution is -2.22. The third kappa shape index (κ3) is 4.40. The highest BCUT2D eigenvalue weighted by Crippen LogP contribution is 2.26. The third-order valence-corrected chi connectivity index (χ3v) is 4.83. The van der Waals surface area contributed by atoms with E-state index in [-0.39, 0.29) is 5.91 Å². The van der Waals surface area contributed by atoms with E-state index in [4.69, 9.17) is 0 Å². The molecule has 0 aromatic heterocycles. The predicted octanol–water partition coefficient (Wildman–Crippen LogP) is 3.34. The van der Waals surface area contributed by atoms with Crippen LogP contribution in [0.4, 0.5) is 17.1 Å². The van der Waals surface area contributed by atoms with Crippen LogP contribution >= 0.6 is 0 Å². The Kier molecular flexibility index (Phi) is 5.51. The molecule has 0 atom stereocenters. The predicted molar refractivity (Wildman–Crippen MR) is 113 cm³/mol. The normalized spacial score (nSPS) is 15.7. The first kappa shape index (κ1) is 19.6. The SMILES string of the molecule is CCc1ccccc1N/C=C1/C(=O)N(c2cccc(NS(C)(=O)=O)c2)N=C1C. The minimum atomic E-state index is -3.41. The van der Waals surface area contributed by atoms with Gasteiger partial charge in [0.05, 0.1) is 28.9 Å². The zero-order valence-corrected chi connectivity index (χ0v) is 16.7. The number of nitrogens with one attached hydrogen (secondary N) is 2. The summed E-state index contributed by atoms with van der Waals surface area (Å²) in [4.78, 5) is 12.9. The molecule has 0 saturated heterocycles. The molecule has 2 aromatic carbocycles. The number of aryl methyl sites for hydroxylation is 1. The Morgan fingerprint density at radius 2 is 1.89 bits per heavy atom. The Balaban J connectivity index is 1.84. The maximum absolute atomic E-state index is 12.9. The molecule has 2 aromatic rings. The highest BCUT2D eigenvalue weighted by molar-refractivity contribution is 7.92. The molecule has 0 fully saturated rings. The molecular formula is C20H22N4O3S. The van der Waals surface area contributed by atoms with Gasteiger partial charge in [0.25, 0.3) is 5.91 Å². The highest BCUT2D eigenvalue weighted by Gasteiger charge is 2.29. The second-order valence-electron chi connectivity index (χ2n) is 6.44. The topological polar surface area (TPSA) is 90.9 Å². The second kappa shape index (κ2) is 7.85. The number of hydrogen-bond acceptors (Lipinski definition) is 5. The minimum absolute atomic E-state index is 0.282. The molecule has 0 saturated carbocycles. The van der Waals surface area contributed by atoms with Crippen molar-refractivity contribution in [2.45, 2.75) is 20.3 Å². The van der Waals surface area contributed by atoms with Crippen molar-refractivity contribution in [3.05, 3.63) is 65.9 Å². The van der Waals surface area contributed by atoms with E-state index in [1.54, 1.807) is 37.4 Å². The first-order chi connectivity index (χ1) is 13.3. The molecule has 146 valence electrons. The zero-order valence-electron chi connectivity index (χ0n) is 15.9. The number of para-hydroxylation sites is 1. The number of hydrogen-bond donors (Lipinski definition) is 2. The van der Waals surface area contributed by atoms with E-state index in [2.05, 4.69) is 22.1 Å². The summed E-state index contributed by atoms with van der Waals surface area (Å²) in [6.45, 7) is 3.83. The van der Waals surface area contributed by atoms with Crippen molar-refractivity contribution in [2.24, 2.45) is 5.10 Å². The van der Waals surface area contributed by atoms with Crippen LogP contribution in [0.15, 0.2) is 65.4 Å². The second-order valence-corrected chi connectivity index (χ2v) is 8.19. The highest BCUT2D eigenvalue weighted by atomic mass is 32.2. The van der Waals surface area contributed by atoms with Crippen LogP contribution in [0.3, 0.4) is 0 Å². The van der Waals surface area contributed by atoms with Crippen molar-refractivity contribution in [3.63, 3.8) is 0 Å². The van der Waals surface area contributed by atoms with Crippen molar-refractivity contribution in [1.29, 1.82) is 0 Å². The largest absolute Gasteiger partial charge is 0.361 e. The Hall–Kier alpha value is -3.13. The summed E-state index contributed by atoms with van der Waals surface area (Å²) in [5.41, 5.74) is 3.97. The van der Waals surface area contributed by atoms with Crippen molar-refractivity contribution >= 4 is 38.7 Å². The first-order valence-electron chi connectivity index (χ1n) is 8.81. The fraction of sp³-hybridized carbons (Fsp3) is 0.200. The Morgan fingerprint density at radius 1 is 1.14 bits per heavy atom. The number of nitrogens with zero attached hydrogens (tertiary/aromatic N) is 2. The van der Waals surface area contributed by atoms with Gasteiger partial charge in [-0.25, -0.2) is 8.42 Å². The van der Waals surface area contributed by atoms with E-state index in [1.807, 2.05) is 24.3 Å². The molecule has 0 aliphatic carbocycles. The summed E-state index contributed by atoms with van der Waals surface area (Å²) >= 11 is 0. The lowest BCUT2D eigenvalue weighted by Gasteiger charge is -2.13. The van der Waals surface area contributed by atoms with Gasteiger partial charge in [-0.3, -0.25) is 9.52 Å². The smallest absolute Gasteiger partial charge is 0.282 e. The molecule has 28 heavy (non-hydrogen) atoms. The number of sulfonamides is 1. The molecule has 0 bridgehead atoms. The number of benzene rings is 2. The summed E-state index contributed by atoms with van der Waals surface area (Å²) in [5, 5.41) is 8.79. The van der Waals surface area contributed by atoms with E-state index in [0.717, 1.165) is 23.9 Å². The van der Waals surface area contributed by atoms with E-state index in [0.29, 0.717) is 22.7 Å². The molecule has 8 heteroatoms. The standard InChI is InChI=1S/C20H22N4O3S/c1-4-15-8-5-6-11-19(15)21-13-18-14(2)22-24(20(18)25)17-10-7-9-16(12-17)23-28(3,26)27/h5-13,21,23H,4H2,1-3H3/b18-13+. The molecule has 0 spiro atoms. The fourth-order valence-electron chi connectivity index (χ4n) is 2.89. The van der Waals surface area contributed by atoms with Crippen molar-refractivity contribution in [3.8, 4) is 0 Å². The molecule has 0 radical (unpaired) electrons. The first-order valence-corrected chi connectivity index (χ1v) is 10.7. The van der Waals surface area contributed by atoms with Gasteiger partial charge in [0, 0.05) is 11.9 Å². The molecule has 1 amide bonds. The van der Waals surface area contributed by atoms with Gasteiger partial charge < -0.3 is 5.32 Å². The molecule has 7 nitrogen and oxygen atoms in total. The maximum Gasteiger partial charge on any atom is 0.282 e. The van der Waals surface area contributed by atoms with Gasteiger partial charge in [0.2, 0.25) is 10.0 Å². The van der Waals surface area contributed by atoms with Crippen LogP contribution < -0.4 is 15.0 Å². The van der Waals surface area contributed by atoms with Crippen LogP contribution in [0.1, 0.15) is 19.4 Å². The third-order valence-electron chi connectivity index (χ3n) is 4.23. The molecule has 1 aliphatic rings. The van der Waals surface area contributed by atoms with E-state index in [9.17, 15) is 13.2 Å². The average Bonchev–Trinajstić information content (AvgIpc) is 2.93. The zero-order chi connectivity index (χ0) is 20.3. The van der Waals surface area contributed by atoms with Crippen LogP contribution in [-0.4, -0.2) is 26.3 Å². The van der Waals surface area contributed by atoms with Crippen LogP contribution in [0.5, 0.6) is 0 Å². The van der Waals surface area contributed by atoms with Crippen LogP contribution in [-0.2, 0) is 21.2 Å². The van der Waals surface area contributed by atoms with Gasteiger partial charge >= 0.3 is 0 Å². The van der Waals surface area contributed by atoms with Crippen molar-refractivity contribution < 1.29 is 13.2 Å². The Bertz CT molecular complexity index is 1070. The van der Waals surface area contributed by atoms with Gasteiger partial charge in [-0.05, 0) is 43.2 Å². The fourth-order valence-corrected chi connectivity index (χ4v) is 3.45. The Labute approximate surface area is 164 Å². The summed E-state index contributed by atoms with van der Waals surface area (Å²) in [6.07, 6.45) is 3.61. The van der Waals surface area contributed by atoms with Gasteiger partial charge in [-0.1, -0.05) is 31.2 Å². The lowest BCUT2D eigenvalue weighted by atomic mass is 10.1. The summed E-state index contributed by atoms with van der Waals surface area (Å²) in [7, 11) is -3.41. The van der Waals surface area contributed by atoms with E-state index in [1.165, 1.54) is 5.01 Å². The Morgan fingerprint density at radius 3 is 2.61 bits per heavy atom. The number of hydrazone groups is 1. The quantitative estimate of drug-likeness (QED) is 0.730. The number of carbonyl (C=O) groups is 1. The number of anilines is 3. The molecule has 2 N–H and O–H groups in total. The molecule has 1 heterocycles. The summed E-state index contributed by atoms with van der Waals surface area (Å²) < 4.78 is 25.3. The van der Waals surface area contributed by atoms with Gasteiger partial charge in [-0.15, -0.1) is 0 Å². The summed E-state index contributed by atoms with van der Waals surface area (Å²) in [6, 6.07) is 14.4. The lowest BCUT2D eigenvalue weighted by molar-refractivity contribution is -0.114. The van der Waals surface area contributed by atoms with E-state index < -0.39 is 10.0 Å². The molecule has 1 aliphatic heterocycles. The molecule has 0 unspecified atom stereocenters. The number of amides is 1. The van der Waals surface area contributed by atoms with E-state index >= 15 is 0 Å². The van der Waals surface area contributed by atoms with Crippen LogP contribution in [0.25, 0.3) is 0 Å². The van der Waals surface area contributed by atoms with Gasteiger partial charge in [-0.2, -0.15) is 10.1 Å².